The maximum Gasteiger partial charge on any atom is 0.117 e. The van der Waals surface area contributed by atoms with E-state index < -0.39 is 0 Å². The van der Waals surface area contributed by atoms with Gasteiger partial charge in [-0.15, -0.1) is 11.3 Å². The van der Waals surface area contributed by atoms with Crippen LogP contribution in [0.25, 0.3) is 0 Å². The maximum absolute atomic E-state index is 6.03. The number of hydrogen-bond donors (Lipinski definition) is 1. The number of hydrogen-bond acceptors (Lipinski definition) is 4. The molecule has 2 N–H and O–H groups in total. The molecule has 2 heterocycles. The third kappa shape index (κ3) is 3.11. The second kappa shape index (κ2) is 5.79. The predicted molar refractivity (Wildman–Crippen MR) is 81.1 cm³/mol. The summed E-state index contributed by atoms with van der Waals surface area (Å²) in [6, 6.07) is 9.19. The van der Waals surface area contributed by atoms with Crippen LogP contribution in [0.15, 0.2) is 38.7 Å². The van der Waals surface area contributed by atoms with Gasteiger partial charge in [0.05, 0.1) is 22.6 Å². The predicted octanol–water partition coefficient (Wildman–Crippen LogP) is 3.77. The number of nitrogens with zero attached hydrogens (tertiary/aromatic N) is 1. The quantitative estimate of drug-likeness (QED) is 0.870. The fraction of sp³-hybridized carbons (Fsp3) is 0.429. The molecule has 0 aromatic carbocycles. The summed E-state index contributed by atoms with van der Waals surface area (Å²) in [6.07, 6.45) is 4.27. The minimum absolute atomic E-state index is 0.286. The van der Waals surface area contributed by atoms with E-state index in [1.165, 1.54) is 17.7 Å². The zero-order chi connectivity index (χ0) is 13.2. The minimum atomic E-state index is 0.286. The standard InChI is InChI=1S/C14H17BrN2OS/c15-14-6-5-13(19-14)12(8-16)17(10-3-4-10)9-11-2-1-7-18-11/h1-2,5-7,10,12H,3-4,8-9,16H2. The molecule has 19 heavy (non-hydrogen) atoms. The lowest BCUT2D eigenvalue weighted by Gasteiger charge is -2.29. The molecule has 1 atom stereocenters. The van der Waals surface area contributed by atoms with Gasteiger partial charge in [0.2, 0.25) is 0 Å². The molecule has 1 aliphatic rings. The fourth-order valence-electron chi connectivity index (χ4n) is 2.40. The van der Waals surface area contributed by atoms with Gasteiger partial charge >= 0.3 is 0 Å². The second-order valence-electron chi connectivity index (χ2n) is 4.88. The van der Waals surface area contributed by atoms with Crippen molar-refractivity contribution >= 4 is 27.3 Å². The summed E-state index contributed by atoms with van der Waals surface area (Å²) >= 11 is 5.30. The van der Waals surface area contributed by atoms with E-state index in [0.717, 1.165) is 16.1 Å². The Labute approximate surface area is 125 Å². The molecule has 0 saturated heterocycles. The number of halogens is 1. The van der Waals surface area contributed by atoms with Gasteiger partial charge in [0, 0.05) is 17.5 Å². The van der Waals surface area contributed by atoms with Crippen LogP contribution in [0, 0.1) is 0 Å². The van der Waals surface area contributed by atoms with Crippen molar-refractivity contribution < 1.29 is 4.42 Å². The first-order chi connectivity index (χ1) is 9.28. The van der Waals surface area contributed by atoms with Gasteiger partial charge < -0.3 is 10.2 Å². The molecular weight excluding hydrogens is 324 g/mol. The van der Waals surface area contributed by atoms with Crippen LogP contribution >= 0.6 is 27.3 Å². The first-order valence-corrected chi connectivity index (χ1v) is 8.12. The molecule has 2 aromatic heterocycles. The van der Waals surface area contributed by atoms with Crippen molar-refractivity contribution in [2.24, 2.45) is 5.73 Å². The number of thiophene rings is 1. The Bertz CT molecular complexity index is 521. The zero-order valence-corrected chi connectivity index (χ0v) is 13.0. The van der Waals surface area contributed by atoms with E-state index in [-0.39, 0.29) is 6.04 Å². The minimum Gasteiger partial charge on any atom is -0.468 e. The van der Waals surface area contributed by atoms with Crippen molar-refractivity contribution in [2.45, 2.75) is 31.5 Å². The van der Waals surface area contributed by atoms with E-state index in [0.29, 0.717) is 12.6 Å². The number of rotatable bonds is 6. The Morgan fingerprint density at radius 2 is 2.26 bits per heavy atom. The molecule has 1 fully saturated rings. The molecule has 1 unspecified atom stereocenters. The van der Waals surface area contributed by atoms with Crippen molar-refractivity contribution in [3.63, 3.8) is 0 Å². The van der Waals surface area contributed by atoms with Gasteiger partial charge in [0.15, 0.2) is 0 Å². The lowest BCUT2D eigenvalue weighted by atomic mass is 10.2. The molecule has 0 bridgehead atoms. The normalized spacial score (nSPS) is 17.0. The Balaban J connectivity index is 1.81. The van der Waals surface area contributed by atoms with Gasteiger partial charge in [0.1, 0.15) is 5.76 Å². The molecule has 102 valence electrons. The lowest BCUT2D eigenvalue weighted by Crippen LogP contribution is -2.34. The highest BCUT2D eigenvalue weighted by Gasteiger charge is 2.35. The van der Waals surface area contributed by atoms with Crippen LogP contribution in [0.3, 0.4) is 0 Å². The highest BCUT2D eigenvalue weighted by molar-refractivity contribution is 9.11. The summed E-state index contributed by atoms with van der Waals surface area (Å²) < 4.78 is 6.65. The van der Waals surface area contributed by atoms with E-state index in [4.69, 9.17) is 10.2 Å². The molecule has 1 saturated carbocycles. The van der Waals surface area contributed by atoms with E-state index in [1.54, 1.807) is 17.6 Å². The molecule has 2 aromatic rings. The number of furan rings is 1. The molecule has 0 aliphatic heterocycles. The third-order valence-corrected chi connectivity index (χ3v) is 5.21. The summed E-state index contributed by atoms with van der Waals surface area (Å²) in [5.41, 5.74) is 6.03. The molecule has 5 heteroatoms. The van der Waals surface area contributed by atoms with Crippen LogP contribution in [0.2, 0.25) is 0 Å². The van der Waals surface area contributed by atoms with Crippen molar-refractivity contribution in [2.75, 3.05) is 6.54 Å². The molecule has 0 amide bonds. The van der Waals surface area contributed by atoms with Crippen LogP contribution in [0.1, 0.15) is 29.5 Å². The van der Waals surface area contributed by atoms with Gasteiger partial charge in [0.25, 0.3) is 0 Å². The fourth-order valence-corrected chi connectivity index (χ4v) is 3.96. The number of nitrogens with two attached hydrogens (primary N) is 1. The largest absolute Gasteiger partial charge is 0.468 e. The molecular formula is C14H17BrN2OS. The van der Waals surface area contributed by atoms with Gasteiger partial charge in [-0.2, -0.15) is 0 Å². The van der Waals surface area contributed by atoms with E-state index >= 15 is 0 Å². The average Bonchev–Trinajstić information content (AvgIpc) is 2.95. The first-order valence-electron chi connectivity index (χ1n) is 6.51. The average molecular weight is 341 g/mol. The molecule has 3 nitrogen and oxygen atoms in total. The topological polar surface area (TPSA) is 42.4 Å². The summed E-state index contributed by atoms with van der Waals surface area (Å²) in [5, 5.41) is 0. The van der Waals surface area contributed by atoms with E-state index in [1.807, 2.05) is 12.1 Å². The maximum atomic E-state index is 6.03. The van der Waals surface area contributed by atoms with Crippen molar-refractivity contribution in [3.8, 4) is 0 Å². The van der Waals surface area contributed by atoms with Crippen LogP contribution in [-0.2, 0) is 6.54 Å². The summed E-state index contributed by atoms with van der Waals surface area (Å²) in [7, 11) is 0. The van der Waals surface area contributed by atoms with Gasteiger partial charge in [-0.25, -0.2) is 0 Å². The van der Waals surface area contributed by atoms with Crippen LogP contribution < -0.4 is 5.73 Å². The van der Waals surface area contributed by atoms with Crippen LogP contribution in [-0.4, -0.2) is 17.5 Å². The second-order valence-corrected chi connectivity index (χ2v) is 7.37. The summed E-state index contributed by atoms with van der Waals surface area (Å²) in [4.78, 5) is 3.81. The van der Waals surface area contributed by atoms with Crippen molar-refractivity contribution in [3.05, 3.63) is 45.0 Å². The van der Waals surface area contributed by atoms with Crippen LogP contribution in [0.4, 0.5) is 0 Å². The Kier molecular flexibility index (Phi) is 4.07. The monoisotopic (exact) mass is 340 g/mol. The molecule has 3 rings (SSSR count). The van der Waals surface area contributed by atoms with Gasteiger partial charge in [-0.05, 0) is 53.0 Å². The first kappa shape index (κ1) is 13.4. The third-order valence-electron chi connectivity index (χ3n) is 3.48. The Morgan fingerprint density at radius 1 is 1.42 bits per heavy atom. The SMILES string of the molecule is NCC(c1ccc(Br)s1)N(Cc1ccco1)C1CC1. The smallest absolute Gasteiger partial charge is 0.117 e. The molecule has 0 radical (unpaired) electrons. The molecule has 0 spiro atoms. The Hall–Kier alpha value is -0.620. The summed E-state index contributed by atoms with van der Waals surface area (Å²) in [6.45, 7) is 1.49. The Morgan fingerprint density at radius 3 is 2.79 bits per heavy atom. The van der Waals surface area contributed by atoms with Crippen LogP contribution in [0.5, 0.6) is 0 Å². The zero-order valence-electron chi connectivity index (χ0n) is 10.6. The molecule has 1 aliphatic carbocycles. The highest BCUT2D eigenvalue weighted by Crippen LogP contribution is 2.38. The highest BCUT2D eigenvalue weighted by atomic mass is 79.9. The van der Waals surface area contributed by atoms with E-state index in [2.05, 4.69) is 33.0 Å². The van der Waals surface area contributed by atoms with Crippen molar-refractivity contribution in [1.82, 2.24) is 4.90 Å². The van der Waals surface area contributed by atoms with Gasteiger partial charge in [-0.3, -0.25) is 4.90 Å². The van der Waals surface area contributed by atoms with E-state index in [9.17, 15) is 0 Å². The van der Waals surface area contributed by atoms with Crippen molar-refractivity contribution in [1.29, 1.82) is 0 Å². The lowest BCUT2D eigenvalue weighted by molar-refractivity contribution is 0.170. The summed E-state index contributed by atoms with van der Waals surface area (Å²) in [5.74, 6) is 1.01. The van der Waals surface area contributed by atoms with Gasteiger partial charge in [-0.1, -0.05) is 0 Å².